The molecule has 0 amide bonds. The molecular weight excluding hydrogens is 458 g/mol. The molecule has 0 radical (unpaired) electrons. The minimum Gasteiger partial charge on any atom is -0.497 e. The fourth-order valence-electron chi connectivity index (χ4n) is 3.84. The van der Waals surface area contributed by atoms with Crippen LogP contribution in [0, 0.1) is 0 Å². The zero-order valence-electron chi connectivity index (χ0n) is 21.4. The van der Waals surface area contributed by atoms with Gasteiger partial charge in [0.25, 0.3) is 0 Å². The number of para-hydroxylation sites is 1. The van der Waals surface area contributed by atoms with E-state index < -0.39 is 6.10 Å². The van der Waals surface area contributed by atoms with Crippen LogP contribution in [0.25, 0.3) is 5.69 Å². The topological polar surface area (TPSA) is 78.2 Å². The third-order valence-electron chi connectivity index (χ3n) is 5.64. The average molecular weight is 496 g/mol. The molecule has 2 aromatic carbocycles. The molecule has 0 aliphatic carbocycles. The zero-order valence-corrected chi connectivity index (χ0v) is 21.4. The van der Waals surface area contributed by atoms with Crippen molar-refractivity contribution in [2.75, 3.05) is 47.1 Å². The van der Waals surface area contributed by atoms with Crippen LogP contribution in [0.1, 0.15) is 18.2 Å². The number of aromatic nitrogens is 2. The Labute approximate surface area is 213 Å². The van der Waals surface area contributed by atoms with Crippen molar-refractivity contribution in [3.63, 3.8) is 0 Å². The first-order valence-electron chi connectivity index (χ1n) is 12.2. The molecule has 1 aromatic heterocycles. The van der Waals surface area contributed by atoms with Crippen molar-refractivity contribution in [1.29, 1.82) is 0 Å². The third-order valence-corrected chi connectivity index (χ3v) is 5.64. The fraction of sp³-hybridized carbons (Fsp3) is 0.393. The second-order valence-electron chi connectivity index (χ2n) is 8.32. The summed E-state index contributed by atoms with van der Waals surface area (Å²) in [6, 6.07) is 17.4. The van der Waals surface area contributed by atoms with Crippen molar-refractivity contribution < 1.29 is 24.1 Å². The monoisotopic (exact) mass is 495 g/mol. The molecule has 1 N–H and O–H groups in total. The summed E-state index contributed by atoms with van der Waals surface area (Å²) in [6.45, 7) is 8.48. The summed E-state index contributed by atoms with van der Waals surface area (Å²) in [6.07, 6.45) is 1.75. The predicted molar refractivity (Wildman–Crippen MR) is 140 cm³/mol. The Morgan fingerprint density at radius 2 is 1.81 bits per heavy atom. The molecule has 1 heterocycles. The molecule has 3 aromatic rings. The van der Waals surface area contributed by atoms with Gasteiger partial charge in [-0.25, -0.2) is 4.68 Å². The van der Waals surface area contributed by atoms with Gasteiger partial charge in [0.15, 0.2) is 0 Å². The van der Waals surface area contributed by atoms with E-state index in [9.17, 15) is 5.11 Å². The summed E-state index contributed by atoms with van der Waals surface area (Å²) in [4.78, 5) is 2.14. The molecular formula is C28H37N3O5. The van der Waals surface area contributed by atoms with E-state index in [0.29, 0.717) is 44.5 Å². The highest BCUT2D eigenvalue weighted by atomic mass is 16.5. The van der Waals surface area contributed by atoms with Gasteiger partial charge in [-0.1, -0.05) is 31.2 Å². The second-order valence-corrected chi connectivity index (χ2v) is 8.32. The SMILES string of the molecule is C=CCOC[C@@H](O)CN(CCOC)Cc1c(CC)nn(-c2ccccc2)c1Oc1ccc(OC)cc1. The fourth-order valence-corrected chi connectivity index (χ4v) is 3.84. The van der Waals surface area contributed by atoms with Crippen LogP contribution < -0.4 is 9.47 Å². The van der Waals surface area contributed by atoms with Gasteiger partial charge < -0.3 is 24.1 Å². The smallest absolute Gasteiger partial charge is 0.227 e. The number of aryl methyl sites for hydroxylation is 1. The molecule has 0 aliphatic heterocycles. The summed E-state index contributed by atoms with van der Waals surface area (Å²) < 4.78 is 24.4. The molecule has 0 unspecified atom stereocenters. The van der Waals surface area contributed by atoms with Gasteiger partial charge in [0.2, 0.25) is 5.88 Å². The Morgan fingerprint density at radius 1 is 1.08 bits per heavy atom. The van der Waals surface area contributed by atoms with Crippen LogP contribution in [0.2, 0.25) is 0 Å². The van der Waals surface area contributed by atoms with E-state index >= 15 is 0 Å². The number of nitrogens with zero attached hydrogens (tertiary/aromatic N) is 3. The second kappa shape index (κ2) is 14.4. The van der Waals surface area contributed by atoms with E-state index in [-0.39, 0.29) is 6.61 Å². The van der Waals surface area contributed by atoms with E-state index in [2.05, 4.69) is 18.4 Å². The molecule has 36 heavy (non-hydrogen) atoms. The van der Waals surface area contributed by atoms with Crippen molar-refractivity contribution in [3.05, 3.63) is 78.5 Å². The van der Waals surface area contributed by atoms with E-state index in [0.717, 1.165) is 29.1 Å². The largest absolute Gasteiger partial charge is 0.497 e. The number of rotatable bonds is 16. The first-order valence-corrected chi connectivity index (χ1v) is 12.2. The van der Waals surface area contributed by atoms with Gasteiger partial charge in [0, 0.05) is 26.7 Å². The van der Waals surface area contributed by atoms with E-state index in [1.165, 1.54) is 0 Å². The van der Waals surface area contributed by atoms with Gasteiger partial charge in [-0.15, -0.1) is 6.58 Å². The van der Waals surface area contributed by atoms with Gasteiger partial charge >= 0.3 is 0 Å². The summed E-state index contributed by atoms with van der Waals surface area (Å²) >= 11 is 0. The minimum atomic E-state index is -0.651. The molecule has 0 fully saturated rings. The number of aliphatic hydroxyl groups excluding tert-OH is 1. The summed E-state index contributed by atoms with van der Waals surface area (Å²) in [5, 5.41) is 15.5. The third kappa shape index (κ3) is 7.66. The Balaban J connectivity index is 1.96. The van der Waals surface area contributed by atoms with Crippen molar-refractivity contribution in [3.8, 4) is 23.1 Å². The highest BCUT2D eigenvalue weighted by Gasteiger charge is 2.23. The van der Waals surface area contributed by atoms with E-state index in [1.807, 2.05) is 59.3 Å². The Morgan fingerprint density at radius 3 is 2.44 bits per heavy atom. The highest BCUT2D eigenvalue weighted by molar-refractivity contribution is 5.44. The van der Waals surface area contributed by atoms with Crippen molar-refractivity contribution in [1.82, 2.24) is 14.7 Å². The minimum absolute atomic E-state index is 0.231. The molecule has 0 bridgehead atoms. The number of hydrogen-bond donors (Lipinski definition) is 1. The Hall–Kier alpha value is -3.17. The molecule has 0 saturated carbocycles. The van der Waals surface area contributed by atoms with Gasteiger partial charge in [0.05, 0.1) is 50.0 Å². The molecule has 0 saturated heterocycles. The molecule has 8 nitrogen and oxygen atoms in total. The summed E-state index contributed by atoms with van der Waals surface area (Å²) in [5.74, 6) is 2.08. The van der Waals surface area contributed by atoms with Crippen molar-refractivity contribution >= 4 is 0 Å². The van der Waals surface area contributed by atoms with Crippen LogP contribution in [0.15, 0.2) is 67.3 Å². The lowest BCUT2D eigenvalue weighted by atomic mass is 10.1. The van der Waals surface area contributed by atoms with Crippen LogP contribution in [-0.2, 0) is 22.4 Å². The maximum atomic E-state index is 10.6. The Kier molecular flexibility index (Phi) is 11.0. The van der Waals surface area contributed by atoms with Crippen LogP contribution >= 0.6 is 0 Å². The Bertz CT molecular complexity index is 1050. The number of methoxy groups -OCH3 is 2. The first-order chi connectivity index (χ1) is 17.6. The predicted octanol–water partition coefficient (Wildman–Crippen LogP) is 4.25. The molecule has 0 aliphatic rings. The lowest BCUT2D eigenvalue weighted by Gasteiger charge is -2.25. The number of aliphatic hydroxyl groups is 1. The highest BCUT2D eigenvalue weighted by Crippen LogP contribution is 2.33. The summed E-state index contributed by atoms with van der Waals surface area (Å²) in [7, 11) is 3.31. The van der Waals surface area contributed by atoms with Crippen LogP contribution in [0.5, 0.6) is 17.4 Å². The molecule has 3 rings (SSSR count). The standard InChI is InChI=1S/C28H37N3O5/c1-5-17-35-21-23(32)19-30(16-18-33-3)20-26-27(6-2)29-31(22-10-8-7-9-11-22)28(26)36-25-14-12-24(34-4)13-15-25/h5,7-15,23,32H,1,6,16-21H2,2-4H3/t23-/m0/s1. The van der Waals surface area contributed by atoms with Gasteiger partial charge in [-0.3, -0.25) is 4.90 Å². The van der Waals surface area contributed by atoms with Gasteiger partial charge in [-0.05, 0) is 42.8 Å². The molecule has 194 valence electrons. The number of ether oxygens (including phenoxy) is 4. The zero-order chi connectivity index (χ0) is 25.8. The van der Waals surface area contributed by atoms with Crippen molar-refractivity contribution in [2.45, 2.75) is 26.0 Å². The number of benzene rings is 2. The van der Waals surface area contributed by atoms with Gasteiger partial charge in [0.1, 0.15) is 11.5 Å². The molecule has 8 heteroatoms. The van der Waals surface area contributed by atoms with Crippen LogP contribution in [0.3, 0.4) is 0 Å². The van der Waals surface area contributed by atoms with E-state index in [1.54, 1.807) is 20.3 Å². The first kappa shape index (κ1) is 27.4. The molecule has 0 spiro atoms. The summed E-state index contributed by atoms with van der Waals surface area (Å²) in [5.41, 5.74) is 2.80. The van der Waals surface area contributed by atoms with E-state index in [4.69, 9.17) is 24.0 Å². The maximum absolute atomic E-state index is 10.6. The van der Waals surface area contributed by atoms with Crippen LogP contribution in [0.4, 0.5) is 0 Å². The molecule has 1 atom stereocenters. The van der Waals surface area contributed by atoms with Crippen molar-refractivity contribution in [2.24, 2.45) is 0 Å². The lowest BCUT2D eigenvalue weighted by Crippen LogP contribution is -2.36. The maximum Gasteiger partial charge on any atom is 0.227 e. The quantitative estimate of drug-likeness (QED) is 0.235. The van der Waals surface area contributed by atoms with Gasteiger partial charge in [-0.2, -0.15) is 5.10 Å². The number of hydrogen-bond acceptors (Lipinski definition) is 7. The normalized spacial score (nSPS) is 12.0. The van der Waals surface area contributed by atoms with Crippen LogP contribution in [-0.4, -0.2) is 73.0 Å². The lowest BCUT2D eigenvalue weighted by molar-refractivity contribution is 0.0192. The average Bonchev–Trinajstić information content (AvgIpc) is 3.25.